The summed E-state index contributed by atoms with van der Waals surface area (Å²) in [6.45, 7) is 5.61. The standard InChI is InChI=1S/C21H29FN2O5/c1-20(2,3)29-19(27)24-11-9-21(28,10-12-24)18(26)23-17(13-16(22)14-25)15-7-5-4-6-8-15/h4-8,14,16-17,28H,9-13H2,1-3H3,(H,23,26)/t16?,17-/m0/s1. The topological polar surface area (TPSA) is 95.9 Å². The zero-order valence-corrected chi connectivity index (χ0v) is 17.1. The van der Waals surface area contributed by atoms with Crippen molar-refractivity contribution in [2.45, 2.75) is 63.4 Å². The van der Waals surface area contributed by atoms with Gasteiger partial charge in [-0.3, -0.25) is 4.79 Å². The van der Waals surface area contributed by atoms with E-state index in [9.17, 15) is 23.9 Å². The van der Waals surface area contributed by atoms with E-state index in [0.717, 1.165) is 0 Å². The van der Waals surface area contributed by atoms with Crippen molar-refractivity contribution in [3.63, 3.8) is 0 Å². The quantitative estimate of drug-likeness (QED) is 0.705. The lowest BCUT2D eigenvalue weighted by molar-refractivity contribution is -0.145. The van der Waals surface area contributed by atoms with E-state index in [0.29, 0.717) is 5.56 Å². The predicted octanol–water partition coefficient (Wildman–Crippen LogP) is 2.53. The maximum atomic E-state index is 13.7. The van der Waals surface area contributed by atoms with Crippen molar-refractivity contribution in [1.82, 2.24) is 10.2 Å². The summed E-state index contributed by atoms with van der Waals surface area (Å²) in [7, 11) is 0. The summed E-state index contributed by atoms with van der Waals surface area (Å²) in [6.07, 6.45) is -2.19. The van der Waals surface area contributed by atoms with Gasteiger partial charge in [-0.1, -0.05) is 30.3 Å². The molecule has 0 bridgehead atoms. The lowest BCUT2D eigenvalue weighted by atomic mass is 9.89. The molecule has 0 spiro atoms. The molecule has 1 aromatic rings. The molecule has 0 radical (unpaired) electrons. The van der Waals surface area contributed by atoms with Crippen LogP contribution in [0.25, 0.3) is 0 Å². The molecule has 7 nitrogen and oxygen atoms in total. The normalized spacial score (nSPS) is 18.4. The third-order valence-corrected chi connectivity index (χ3v) is 4.78. The van der Waals surface area contributed by atoms with Crippen LogP contribution in [0.2, 0.25) is 0 Å². The molecule has 160 valence electrons. The van der Waals surface area contributed by atoms with Gasteiger partial charge in [0, 0.05) is 32.4 Å². The van der Waals surface area contributed by atoms with Gasteiger partial charge in [-0.15, -0.1) is 0 Å². The molecule has 1 heterocycles. The van der Waals surface area contributed by atoms with Crippen LogP contribution in [0, 0.1) is 0 Å². The van der Waals surface area contributed by atoms with Gasteiger partial charge in [-0.05, 0) is 26.3 Å². The van der Waals surface area contributed by atoms with Gasteiger partial charge in [0.1, 0.15) is 11.2 Å². The van der Waals surface area contributed by atoms with Crippen LogP contribution in [0.5, 0.6) is 0 Å². The largest absolute Gasteiger partial charge is 0.444 e. The fourth-order valence-electron chi connectivity index (χ4n) is 3.15. The van der Waals surface area contributed by atoms with Gasteiger partial charge in [0.15, 0.2) is 12.5 Å². The van der Waals surface area contributed by atoms with E-state index in [2.05, 4.69) is 5.32 Å². The maximum Gasteiger partial charge on any atom is 0.410 e. The van der Waals surface area contributed by atoms with Gasteiger partial charge < -0.3 is 24.9 Å². The molecular formula is C21H29FN2O5. The number of carbonyl (C=O) groups is 3. The van der Waals surface area contributed by atoms with E-state index in [1.165, 1.54) is 4.90 Å². The highest BCUT2D eigenvalue weighted by Crippen LogP contribution is 2.27. The number of piperidine rings is 1. The van der Waals surface area contributed by atoms with Gasteiger partial charge in [-0.2, -0.15) is 0 Å². The van der Waals surface area contributed by atoms with Crippen LogP contribution < -0.4 is 5.32 Å². The first kappa shape index (κ1) is 22.8. The fourth-order valence-corrected chi connectivity index (χ4v) is 3.15. The number of carbonyl (C=O) groups excluding carboxylic acids is 3. The van der Waals surface area contributed by atoms with E-state index in [1.807, 2.05) is 0 Å². The number of halogens is 1. The van der Waals surface area contributed by atoms with Crippen LogP contribution >= 0.6 is 0 Å². The van der Waals surface area contributed by atoms with E-state index < -0.39 is 35.4 Å². The van der Waals surface area contributed by atoms with Gasteiger partial charge in [-0.25, -0.2) is 9.18 Å². The lowest BCUT2D eigenvalue weighted by Crippen LogP contribution is -2.55. The Balaban J connectivity index is 2.02. The number of nitrogens with zero attached hydrogens (tertiary/aromatic N) is 1. The number of alkyl halides is 1. The first-order valence-corrected chi connectivity index (χ1v) is 9.70. The number of aldehydes is 1. The number of ether oxygens (including phenoxy) is 1. The lowest BCUT2D eigenvalue weighted by Gasteiger charge is -2.38. The zero-order valence-electron chi connectivity index (χ0n) is 17.1. The highest BCUT2D eigenvalue weighted by Gasteiger charge is 2.42. The zero-order chi connectivity index (χ0) is 21.7. The minimum atomic E-state index is -1.73. The highest BCUT2D eigenvalue weighted by atomic mass is 19.1. The second-order valence-corrected chi connectivity index (χ2v) is 8.32. The van der Waals surface area contributed by atoms with E-state index in [-0.39, 0.29) is 38.6 Å². The van der Waals surface area contributed by atoms with Crippen LogP contribution in [-0.4, -0.2) is 58.8 Å². The van der Waals surface area contributed by atoms with Crippen LogP contribution in [-0.2, 0) is 14.3 Å². The summed E-state index contributed by atoms with van der Waals surface area (Å²) < 4.78 is 19.0. The van der Waals surface area contributed by atoms with Crippen LogP contribution in [0.4, 0.5) is 9.18 Å². The molecule has 2 rings (SSSR count). The van der Waals surface area contributed by atoms with Crippen molar-refractivity contribution >= 4 is 18.3 Å². The molecule has 1 aliphatic heterocycles. The number of hydrogen-bond acceptors (Lipinski definition) is 5. The molecular weight excluding hydrogens is 379 g/mol. The molecule has 0 aliphatic carbocycles. The molecule has 2 N–H and O–H groups in total. The summed E-state index contributed by atoms with van der Waals surface area (Å²) >= 11 is 0. The third kappa shape index (κ3) is 6.52. The average Bonchev–Trinajstić information content (AvgIpc) is 2.67. The van der Waals surface area contributed by atoms with Crippen molar-refractivity contribution in [2.24, 2.45) is 0 Å². The number of aliphatic hydroxyl groups is 1. The number of nitrogens with one attached hydrogen (secondary N) is 1. The summed E-state index contributed by atoms with van der Waals surface area (Å²) in [6, 6.07) is 7.97. The number of amides is 2. The van der Waals surface area contributed by atoms with Crippen molar-refractivity contribution in [3.05, 3.63) is 35.9 Å². The number of benzene rings is 1. The molecule has 1 unspecified atom stereocenters. The Labute approximate surface area is 170 Å². The van der Waals surface area contributed by atoms with Crippen molar-refractivity contribution in [2.75, 3.05) is 13.1 Å². The second-order valence-electron chi connectivity index (χ2n) is 8.32. The molecule has 2 amide bonds. The van der Waals surface area contributed by atoms with Crippen molar-refractivity contribution in [3.8, 4) is 0 Å². The Morgan fingerprint density at radius 1 is 1.28 bits per heavy atom. The monoisotopic (exact) mass is 408 g/mol. The minimum absolute atomic E-state index is 0.0340. The van der Waals surface area contributed by atoms with Crippen LogP contribution in [0.1, 0.15) is 51.6 Å². The first-order chi connectivity index (χ1) is 13.5. The van der Waals surface area contributed by atoms with Crippen LogP contribution in [0.15, 0.2) is 30.3 Å². The average molecular weight is 408 g/mol. The van der Waals surface area contributed by atoms with E-state index in [1.54, 1.807) is 51.1 Å². The molecule has 29 heavy (non-hydrogen) atoms. The first-order valence-electron chi connectivity index (χ1n) is 9.70. The van der Waals surface area contributed by atoms with Crippen molar-refractivity contribution < 1.29 is 28.6 Å². The molecule has 1 aliphatic rings. The Kier molecular flexibility index (Phi) is 7.35. The van der Waals surface area contributed by atoms with Gasteiger partial charge >= 0.3 is 6.09 Å². The van der Waals surface area contributed by atoms with E-state index >= 15 is 0 Å². The molecule has 1 aromatic carbocycles. The number of hydrogen-bond donors (Lipinski definition) is 2. The summed E-state index contributed by atoms with van der Waals surface area (Å²) in [5.41, 5.74) is -1.68. The Morgan fingerprint density at radius 3 is 2.38 bits per heavy atom. The number of likely N-dealkylation sites (tertiary alicyclic amines) is 1. The summed E-state index contributed by atoms with van der Waals surface area (Å²) in [5.74, 6) is -0.645. The molecule has 1 saturated heterocycles. The van der Waals surface area contributed by atoms with Gasteiger partial charge in [0.25, 0.3) is 5.91 Å². The fraction of sp³-hybridized carbons (Fsp3) is 0.571. The maximum absolute atomic E-state index is 13.7. The smallest absolute Gasteiger partial charge is 0.410 e. The Bertz CT molecular complexity index is 712. The Hall–Kier alpha value is -2.48. The molecule has 8 heteroatoms. The number of rotatable bonds is 6. The summed E-state index contributed by atoms with van der Waals surface area (Å²) in [4.78, 5) is 37.1. The minimum Gasteiger partial charge on any atom is -0.444 e. The van der Waals surface area contributed by atoms with E-state index in [4.69, 9.17) is 4.74 Å². The molecule has 0 saturated carbocycles. The Morgan fingerprint density at radius 2 is 1.86 bits per heavy atom. The predicted molar refractivity (Wildman–Crippen MR) is 105 cm³/mol. The van der Waals surface area contributed by atoms with Crippen molar-refractivity contribution in [1.29, 1.82) is 0 Å². The van der Waals surface area contributed by atoms with Crippen LogP contribution in [0.3, 0.4) is 0 Å². The van der Waals surface area contributed by atoms with Gasteiger partial charge in [0.2, 0.25) is 0 Å². The SMILES string of the molecule is CC(C)(C)OC(=O)N1CCC(O)(C(=O)N[C@@H](CC(F)C=O)c2ccccc2)CC1. The highest BCUT2D eigenvalue weighted by molar-refractivity contribution is 5.85. The third-order valence-electron chi connectivity index (χ3n) is 4.78. The molecule has 0 aromatic heterocycles. The molecule has 1 fully saturated rings. The van der Waals surface area contributed by atoms with Gasteiger partial charge in [0.05, 0.1) is 6.04 Å². The summed E-state index contributed by atoms with van der Waals surface area (Å²) in [5, 5.41) is 13.5. The second kappa shape index (κ2) is 9.35. The molecule has 2 atom stereocenters.